The highest BCUT2D eigenvalue weighted by Crippen LogP contribution is 2.36. The van der Waals surface area contributed by atoms with Gasteiger partial charge in [0.2, 0.25) is 0 Å². The molecule has 4 rings (SSSR count). The van der Waals surface area contributed by atoms with Gasteiger partial charge in [-0.2, -0.15) is 13.2 Å². The first-order valence-corrected chi connectivity index (χ1v) is 10.9. The predicted molar refractivity (Wildman–Crippen MR) is 117 cm³/mol. The first-order chi connectivity index (χ1) is 14.7. The van der Waals surface area contributed by atoms with Gasteiger partial charge in [-0.25, -0.2) is 4.98 Å². The molecule has 0 saturated heterocycles. The second kappa shape index (κ2) is 8.88. The van der Waals surface area contributed by atoms with Crippen molar-refractivity contribution >= 4 is 34.5 Å². The molecule has 166 valence electrons. The van der Waals surface area contributed by atoms with E-state index < -0.39 is 12.6 Å². The van der Waals surface area contributed by atoms with E-state index in [0.29, 0.717) is 16.5 Å². The van der Waals surface area contributed by atoms with Crippen LogP contribution < -0.4 is 5.32 Å². The van der Waals surface area contributed by atoms with Crippen LogP contribution in [0, 0.1) is 5.92 Å². The van der Waals surface area contributed by atoms with Crippen LogP contribution in [-0.2, 0) is 6.42 Å². The lowest BCUT2D eigenvalue weighted by atomic mass is 9.87. The fraction of sp³-hybridized carbons (Fsp3) is 0.409. The van der Waals surface area contributed by atoms with Gasteiger partial charge >= 0.3 is 6.18 Å². The zero-order chi connectivity index (χ0) is 22.2. The molecule has 4 nitrogen and oxygen atoms in total. The Kier molecular flexibility index (Phi) is 6.37. The van der Waals surface area contributed by atoms with E-state index in [0.717, 1.165) is 43.5 Å². The number of hydrogen-bond acceptors (Lipinski definition) is 3. The van der Waals surface area contributed by atoms with Crippen molar-refractivity contribution in [1.29, 1.82) is 0 Å². The lowest BCUT2D eigenvalue weighted by Gasteiger charge is -2.26. The second-order valence-corrected chi connectivity index (χ2v) is 8.81. The molecule has 2 aromatic heterocycles. The SMILES string of the molecule is OC1CCC(CNc2ccc(-c3ccn4c(CC(F)(F)F)cnc4c3Cl)cc2Cl)CC1. The lowest BCUT2D eigenvalue weighted by Crippen LogP contribution is -2.23. The number of halogens is 5. The van der Waals surface area contributed by atoms with Crippen molar-refractivity contribution in [3.8, 4) is 11.1 Å². The van der Waals surface area contributed by atoms with Gasteiger partial charge in [-0.1, -0.05) is 29.3 Å². The minimum Gasteiger partial charge on any atom is -0.393 e. The third-order valence-electron chi connectivity index (χ3n) is 5.76. The molecule has 2 heterocycles. The number of nitrogens with zero attached hydrogens (tertiary/aromatic N) is 2. The molecule has 0 aliphatic heterocycles. The molecule has 1 aliphatic rings. The van der Waals surface area contributed by atoms with Crippen molar-refractivity contribution in [2.45, 2.75) is 44.4 Å². The molecular weight excluding hydrogens is 450 g/mol. The number of fused-ring (bicyclic) bond motifs is 1. The molecule has 0 atom stereocenters. The van der Waals surface area contributed by atoms with Crippen LogP contribution in [0.5, 0.6) is 0 Å². The van der Waals surface area contributed by atoms with Gasteiger partial charge in [0.25, 0.3) is 0 Å². The van der Waals surface area contributed by atoms with Crippen molar-refractivity contribution in [2.24, 2.45) is 5.92 Å². The average Bonchev–Trinajstić information content (AvgIpc) is 3.10. The highest BCUT2D eigenvalue weighted by molar-refractivity contribution is 6.36. The molecule has 3 aromatic rings. The second-order valence-electron chi connectivity index (χ2n) is 8.03. The van der Waals surface area contributed by atoms with Gasteiger partial charge in [0.1, 0.15) is 0 Å². The van der Waals surface area contributed by atoms with Gasteiger partial charge < -0.3 is 14.8 Å². The van der Waals surface area contributed by atoms with Crippen LogP contribution in [0.15, 0.2) is 36.7 Å². The highest BCUT2D eigenvalue weighted by Gasteiger charge is 2.29. The number of nitrogens with one attached hydrogen (secondary N) is 1. The summed E-state index contributed by atoms with van der Waals surface area (Å²) in [6.45, 7) is 0.786. The van der Waals surface area contributed by atoms with Crippen molar-refractivity contribution in [1.82, 2.24) is 9.38 Å². The fourth-order valence-corrected chi connectivity index (χ4v) is 4.62. The van der Waals surface area contributed by atoms with Crippen LogP contribution in [0.1, 0.15) is 31.4 Å². The summed E-state index contributed by atoms with van der Waals surface area (Å²) in [5.74, 6) is 0.502. The molecule has 1 aromatic carbocycles. The summed E-state index contributed by atoms with van der Waals surface area (Å²) in [7, 11) is 0. The summed E-state index contributed by atoms with van der Waals surface area (Å²) in [6, 6.07) is 7.20. The van der Waals surface area contributed by atoms with Crippen molar-refractivity contribution < 1.29 is 18.3 Å². The summed E-state index contributed by atoms with van der Waals surface area (Å²) >= 11 is 13.0. The molecule has 0 spiro atoms. The zero-order valence-corrected chi connectivity index (χ0v) is 18.1. The van der Waals surface area contributed by atoms with Gasteiger partial charge in [-0.3, -0.25) is 0 Å². The molecular formula is C22H22Cl2F3N3O. The van der Waals surface area contributed by atoms with E-state index in [-0.39, 0.29) is 22.5 Å². The largest absolute Gasteiger partial charge is 0.394 e. The summed E-state index contributed by atoms with van der Waals surface area (Å²) in [6.07, 6.45) is 0.799. The van der Waals surface area contributed by atoms with E-state index in [4.69, 9.17) is 23.2 Å². The summed E-state index contributed by atoms with van der Waals surface area (Å²) in [5.41, 5.74) is 2.51. The Bertz CT molecular complexity index is 1080. The maximum absolute atomic E-state index is 12.8. The van der Waals surface area contributed by atoms with Crippen LogP contribution in [0.25, 0.3) is 16.8 Å². The number of imidazole rings is 1. The molecule has 1 fully saturated rings. The maximum Gasteiger partial charge on any atom is 0.394 e. The molecule has 2 N–H and O–H groups in total. The van der Waals surface area contributed by atoms with Crippen molar-refractivity contribution in [2.75, 3.05) is 11.9 Å². The topological polar surface area (TPSA) is 49.6 Å². The molecule has 0 amide bonds. The Morgan fingerprint density at radius 3 is 2.55 bits per heavy atom. The lowest BCUT2D eigenvalue weighted by molar-refractivity contribution is -0.127. The Balaban J connectivity index is 1.53. The number of hydrogen-bond donors (Lipinski definition) is 2. The predicted octanol–water partition coefficient (Wildman–Crippen LogP) is 6.38. The molecule has 1 saturated carbocycles. The summed E-state index contributed by atoms with van der Waals surface area (Å²) in [5, 5.41) is 13.8. The van der Waals surface area contributed by atoms with Gasteiger partial charge in [0.15, 0.2) is 5.65 Å². The Morgan fingerprint density at radius 2 is 1.87 bits per heavy atom. The Labute approximate surface area is 188 Å². The van der Waals surface area contributed by atoms with Crippen LogP contribution in [0.3, 0.4) is 0 Å². The van der Waals surface area contributed by atoms with E-state index in [2.05, 4.69) is 10.3 Å². The fourth-order valence-electron chi connectivity index (χ4n) is 4.06. The number of pyridine rings is 1. The number of anilines is 1. The number of rotatable bonds is 5. The van der Waals surface area contributed by atoms with Crippen LogP contribution in [0.2, 0.25) is 10.0 Å². The van der Waals surface area contributed by atoms with E-state index in [1.54, 1.807) is 18.3 Å². The average molecular weight is 472 g/mol. The van der Waals surface area contributed by atoms with Gasteiger partial charge in [0.05, 0.1) is 34.0 Å². The maximum atomic E-state index is 12.8. The minimum atomic E-state index is -4.32. The van der Waals surface area contributed by atoms with Crippen molar-refractivity contribution in [3.05, 3.63) is 52.4 Å². The molecule has 31 heavy (non-hydrogen) atoms. The van der Waals surface area contributed by atoms with Crippen LogP contribution in [-0.4, -0.2) is 33.3 Å². The molecule has 0 unspecified atom stereocenters. The van der Waals surface area contributed by atoms with Crippen molar-refractivity contribution in [3.63, 3.8) is 0 Å². The Morgan fingerprint density at radius 1 is 1.13 bits per heavy atom. The number of benzene rings is 1. The number of alkyl halides is 3. The third-order valence-corrected chi connectivity index (χ3v) is 6.44. The summed E-state index contributed by atoms with van der Waals surface area (Å²) in [4.78, 5) is 4.08. The molecule has 9 heteroatoms. The molecule has 0 bridgehead atoms. The number of aliphatic hydroxyl groups excluding tert-OH is 1. The van der Waals surface area contributed by atoms with Gasteiger partial charge in [-0.15, -0.1) is 0 Å². The van der Waals surface area contributed by atoms with Crippen LogP contribution in [0.4, 0.5) is 18.9 Å². The van der Waals surface area contributed by atoms with E-state index >= 15 is 0 Å². The number of aromatic nitrogens is 2. The van der Waals surface area contributed by atoms with Gasteiger partial charge in [-0.05, 0) is 55.4 Å². The first-order valence-electron chi connectivity index (χ1n) is 10.1. The first kappa shape index (κ1) is 22.2. The molecule has 1 aliphatic carbocycles. The third kappa shape index (κ3) is 5.10. The summed E-state index contributed by atoms with van der Waals surface area (Å²) < 4.78 is 39.7. The van der Waals surface area contributed by atoms with E-state index in [9.17, 15) is 18.3 Å². The monoisotopic (exact) mass is 471 g/mol. The van der Waals surface area contributed by atoms with E-state index in [1.165, 1.54) is 10.6 Å². The van der Waals surface area contributed by atoms with Gasteiger partial charge in [0, 0.05) is 24.5 Å². The smallest absolute Gasteiger partial charge is 0.393 e. The Hall–Kier alpha value is -1.96. The normalized spacial score (nSPS) is 19.7. The highest BCUT2D eigenvalue weighted by atomic mass is 35.5. The quantitative estimate of drug-likeness (QED) is 0.454. The van der Waals surface area contributed by atoms with Crippen LogP contribution >= 0.6 is 23.2 Å². The van der Waals surface area contributed by atoms with E-state index in [1.807, 2.05) is 12.1 Å². The number of aliphatic hydroxyl groups is 1. The standard InChI is InChI=1S/C22H22Cl2F3N3O/c23-18-9-14(3-6-19(18)28-11-13-1-4-16(31)5-2-13)17-7-8-30-15(10-22(25,26)27)12-29-21(30)20(17)24/h3,6-9,12-13,16,28,31H,1-2,4-5,10-11H2. The minimum absolute atomic E-state index is 0.0313. The zero-order valence-electron chi connectivity index (χ0n) is 16.6. The molecule has 0 radical (unpaired) electrons.